The molecule has 0 saturated heterocycles. The summed E-state index contributed by atoms with van der Waals surface area (Å²) >= 11 is 6.98. The summed E-state index contributed by atoms with van der Waals surface area (Å²) < 4.78 is 59.2. The van der Waals surface area contributed by atoms with Crippen molar-refractivity contribution in [3.63, 3.8) is 0 Å². The van der Waals surface area contributed by atoms with Crippen LogP contribution in [0.2, 0.25) is 0 Å². The number of ether oxygens (including phenoxy) is 1. The second-order valence-corrected chi connectivity index (χ2v) is 13.2. The second-order valence-electron chi connectivity index (χ2n) is 8.00. The summed E-state index contributed by atoms with van der Waals surface area (Å²) in [6.45, 7) is 3.94. The lowest BCUT2D eigenvalue weighted by atomic mass is 10.1. The second kappa shape index (κ2) is 13.8. The van der Waals surface area contributed by atoms with Crippen LogP contribution in [-0.4, -0.2) is 28.3 Å². The van der Waals surface area contributed by atoms with Crippen molar-refractivity contribution in [3.05, 3.63) is 53.6 Å². The fourth-order valence-corrected chi connectivity index (χ4v) is 8.82. The van der Waals surface area contributed by atoms with Gasteiger partial charge in [0.25, 0.3) is 0 Å². The SMILES string of the molecule is CCCCCS(=O)(=O)N(c1ccc(Oc2cccc(CBr)c2CBr)cc1)S(=O)(=O)CCCCC. The molecule has 10 heteroatoms. The van der Waals surface area contributed by atoms with E-state index in [1.54, 1.807) is 12.1 Å². The van der Waals surface area contributed by atoms with Gasteiger partial charge in [-0.1, -0.05) is 83.5 Å². The average molecular weight is 639 g/mol. The van der Waals surface area contributed by atoms with Crippen molar-refractivity contribution in [2.24, 2.45) is 0 Å². The normalized spacial score (nSPS) is 12.0. The quantitative estimate of drug-likeness (QED) is 0.153. The van der Waals surface area contributed by atoms with Gasteiger partial charge in [-0.05, 0) is 48.7 Å². The first-order valence-corrected chi connectivity index (χ1v) is 16.9. The zero-order chi connectivity index (χ0) is 25.2. The van der Waals surface area contributed by atoms with Gasteiger partial charge in [0.15, 0.2) is 0 Å². The Hall–Kier alpha value is -1.10. The molecule has 190 valence electrons. The maximum atomic E-state index is 13.1. The monoisotopic (exact) mass is 637 g/mol. The molecule has 0 fully saturated rings. The molecule has 0 unspecified atom stereocenters. The van der Waals surface area contributed by atoms with Crippen molar-refractivity contribution in [1.82, 2.24) is 0 Å². The topological polar surface area (TPSA) is 80.8 Å². The Morgan fingerprint density at radius 2 is 1.32 bits per heavy atom. The summed E-state index contributed by atoms with van der Waals surface area (Å²) in [5, 5.41) is 1.30. The lowest BCUT2D eigenvalue weighted by molar-refractivity contribution is 0.478. The maximum absolute atomic E-state index is 13.1. The Bertz CT molecular complexity index is 1080. The summed E-state index contributed by atoms with van der Waals surface area (Å²) in [6, 6.07) is 12.0. The van der Waals surface area contributed by atoms with Crippen LogP contribution >= 0.6 is 31.9 Å². The number of alkyl halides is 2. The molecule has 0 spiro atoms. The minimum Gasteiger partial charge on any atom is -0.457 e. The number of sulfonamides is 2. The number of benzene rings is 2. The predicted octanol–water partition coefficient (Wildman–Crippen LogP) is 7.12. The predicted molar refractivity (Wildman–Crippen MR) is 147 cm³/mol. The van der Waals surface area contributed by atoms with Crippen molar-refractivity contribution in [2.45, 2.75) is 63.0 Å². The fraction of sp³-hybridized carbons (Fsp3) is 0.500. The zero-order valence-corrected chi connectivity index (χ0v) is 24.5. The van der Waals surface area contributed by atoms with Gasteiger partial charge in [-0.15, -0.1) is 0 Å². The average Bonchev–Trinajstić information content (AvgIpc) is 2.80. The van der Waals surface area contributed by atoms with Crippen molar-refractivity contribution >= 4 is 57.6 Å². The van der Waals surface area contributed by atoms with E-state index in [0.29, 0.717) is 38.7 Å². The minimum atomic E-state index is -4.04. The van der Waals surface area contributed by atoms with Gasteiger partial charge in [-0.3, -0.25) is 0 Å². The number of halogens is 2. The van der Waals surface area contributed by atoms with Crippen LogP contribution in [0.4, 0.5) is 5.69 Å². The molecular formula is C24H33Br2NO5S2. The number of unbranched alkanes of at least 4 members (excludes halogenated alkanes) is 4. The Morgan fingerprint density at radius 3 is 1.79 bits per heavy atom. The zero-order valence-electron chi connectivity index (χ0n) is 19.7. The number of hydrogen-bond acceptors (Lipinski definition) is 5. The molecule has 34 heavy (non-hydrogen) atoms. The van der Waals surface area contributed by atoms with Crippen LogP contribution in [0, 0.1) is 0 Å². The highest BCUT2D eigenvalue weighted by molar-refractivity contribution is 9.09. The van der Waals surface area contributed by atoms with Crippen LogP contribution in [0.5, 0.6) is 11.5 Å². The third-order valence-corrected chi connectivity index (χ3v) is 10.9. The number of rotatable bonds is 15. The van der Waals surface area contributed by atoms with Gasteiger partial charge >= 0.3 is 0 Å². The maximum Gasteiger partial charge on any atom is 0.248 e. The van der Waals surface area contributed by atoms with E-state index in [-0.39, 0.29) is 17.2 Å². The molecule has 0 heterocycles. The van der Waals surface area contributed by atoms with Crippen LogP contribution in [0.25, 0.3) is 0 Å². The first-order chi connectivity index (χ1) is 16.2. The summed E-state index contributed by atoms with van der Waals surface area (Å²) in [4.78, 5) is 0. The molecule has 2 aromatic carbocycles. The van der Waals surface area contributed by atoms with Gasteiger partial charge in [-0.25, -0.2) is 16.8 Å². The summed E-state index contributed by atoms with van der Waals surface area (Å²) in [7, 11) is -8.08. The lowest BCUT2D eigenvalue weighted by Gasteiger charge is -2.24. The molecular weight excluding hydrogens is 606 g/mol. The highest BCUT2D eigenvalue weighted by atomic mass is 79.9. The van der Waals surface area contributed by atoms with E-state index < -0.39 is 20.0 Å². The minimum absolute atomic E-state index is 0.107. The molecule has 0 radical (unpaired) electrons. The van der Waals surface area contributed by atoms with E-state index in [4.69, 9.17) is 4.74 Å². The Labute approximate surface area is 221 Å². The number of anilines is 1. The third-order valence-electron chi connectivity index (χ3n) is 5.30. The molecule has 0 aliphatic heterocycles. The van der Waals surface area contributed by atoms with Crippen LogP contribution in [0.3, 0.4) is 0 Å². The van der Waals surface area contributed by atoms with E-state index in [9.17, 15) is 16.8 Å². The summed E-state index contributed by atoms with van der Waals surface area (Å²) in [6.07, 6.45) is 3.97. The van der Waals surface area contributed by atoms with Crippen LogP contribution in [-0.2, 0) is 30.7 Å². The molecule has 0 aliphatic rings. The standard InChI is InChI=1S/C24H33Br2NO5S2/c1-3-5-7-16-33(28,29)27(34(30,31)17-8-6-4-2)21-12-14-22(15-13-21)32-24-11-9-10-20(18-25)23(24)19-26/h9-15H,3-8,16-19H2,1-2H3. The molecule has 0 bridgehead atoms. The Balaban J connectivity index is 2.37. The van der Waals surface area contributed by atoms with Gasteiger partial charge < -0.3 is 4.74 Å². The molecule has 0 saturated carbocycles. The molecule has 0 atom stereocenters. The van der Waals surface area contributed by atoms with Gasteiger partial charge in [0.1, 0.15) is 11.5 Å². The van der Waals surface area contributed by atoms with E-state index in [1.807, 2.05) is 32.0 Å². The molecule has 0 aliphatic carbocycles. The Kier molecular flexibility index (Phi) is 11.9. The van der Waals surface area contributed by atoms with Gasteiger partial charge in [0, 0.05) is 16.2 Å². The van der Waals surface area contributed by atoms with Gasteiger partial charge in [0.2, 0.25) is 20.0 Å². The number of hydrogen-bond donors (Lipinski definition) is 0. The summed E-state index contributed by atoms with van der Waals surface area (Å²) in [5.41, 5.74) is 2.20. The molecule has 2 aromatic rings. The van der Waals surface area contributed by atoms with Crippen LogP contribution in [0.15, 0.2) is 42.5 Å². The smallest absolute Gasteiger partial charge is 0.248 e. The Morgan fingerprint density at radius 1 is 0.765 bits per heavy atom. The first-order valence-electron chi connectivity index (χ1n) is 11.5. The van der Waals surface area contributed by atoms with Crippen molar-refractivity contribution < 1.29 is 21.6 Å². The largest absolute Gasteiger partial charge is 0.457 e. The lowest BCUT2D eigenvalue weighted by Crippen LogP contribution is -2.40. The molecule has 2 rings (SSSR count). The van der Waals surface area contributed by atoms with E-state index >= 15 is 0 Å². The van der Waals surface area contributed by atoms with Crippen molar-refractivity contribution in [3.8, 4) is 11.5 Å². The molecule has 0 aromatic heterocycles. The van der Waals surface area contributed by atoms with Gasteiger partial charge in [-0.2, -0.15) is 3.71 Å². The van der Waals surface area contributed by atoms with Crippen molar-refractivity contribution in [2.75, 3.05) is 15.2 Å². The third kappa shape index (κ3) is 7.96. The van der Waals surface area contributed by atoms with E-state index in [0.717, 1.165) is 36.8 Å². The highest BCUT2D eigenvalue weighted by Gasteiger charge is 2.33. The molecule has 0 N–H and O–H groups in total. The molecule has 0 amide bonds. The number of nitrogens with zero attached hydrogens (tertiary/aromatic N) is 1. The van der Waals surface area contributed by atoms with Gasteiger partial charge in [0.05, 0.1) is 17.2 Å². The van der Waals surface area contributed by atoms with E-state index in [2.05, 4.69) is 31.9 Å². The van der Waals surface area contributed by atoms with Crippen LogP contribution in [0.1, 0.15) is 63.5 Å². The summed E-state index contributed by atoms with van der Waals surface area (Å²) in [5.74, 6) is 0.752. The van der Waals surface area contributed by atoms with Crippen LogP contribution < -0.4 is 8.45 Å². The molecule has 6 nitrogen and oxygen atoms in total. The first kappa shape index (κ1) is 29.1. The fourth-order valence-electron chi connectivity index (χ4n) is 3.48. The van der Waals surface area contributed by atoms with E-state index in [1.165, 1.54) is 12.1 Å². The highest BCUT2D eigenvalue weighted by Crippen LogP contribution is 2.33. The van der Waals surface area contributed by atoms with Crippen molar-refractivity contribution in [1.29, 1.82) is 0 Å².